The Hall–Kier alpha value is -1.69. The normalized spacial score (nSPS) is 14.1. The minimum atomic E-state index is -0.795. The maximum absolute atomic E-state index is 10.7. The summed E-state index contributed by atoms with van der Waals surface area (Å²) in [7, 11) is 1.82. The molecule has 0 bridgehead atoms. The summed E-state index contributed by atoms with van der Waals surface area (Å²) >= 11 is 0. The van der Waals surface area contributed by atoms with Crippen LogP contribution in [0.2, 0.25) is 0 Å². The van der Waals surface area contributed by atoms with Crippen molar-refractivity contribution < 1.29 is 5.11 Å². The quantitative estimate of drug-likeness (QED) is 0.511. The zero-order chi connectivity index (χ0) is 17.7. The third kappa shape index (κ3) is 4.44. The first-order valence-electron chi connectivity index (χ1n) is 8.74. The fourth-order valence-electron chi connectivity index (χ4n) is 2.67. The van der Waals surface area contributed by atoms with Gasteiger partial charge in [-0.25, -0.2) is 4.98 Å². The van der Waals surface area contributed by atoms with Crippen LogP contribution in [0.25, 0.3) is 10.9 Å². The smallest absolute Gasteiger partial charge is 0.138 e. The number of aromatic nitrogens is 1. The van der Waals surface area contributed by atoms with Gasteiger partial charge in [-0.15, -0.1) is 0 Å². The highest BCUT2D eigenvalue weighted by molar-refractivity contribution is 5.82. The van der Waals surface area contributed by atoms with Gasteiger partial charge in [0.1, 0.15) is 12.0 Å². The number of unbranched alkanes of at least 4 members (excludes halogenated alkanes) is 2. The van der Waals surface area contributed by atoms with Crippen LogP contribution in [-0.2, 0) is 0 Å². The van der Waals surface area contributed by atoms with Gasteiger partial charge in [0.15, 0.2) is 0 Å². The number of hydrogen-bond acceptors (Lipinski definition) is 5. The van der Waals surface area contributed by atoms with Crippen molar-refractivity contribution >= 4 is 16.7 Å². The van der Waals surface area contributed by atoms with Gasteiger partial charge in [0.2, 0.25) is 0 Å². The molecule has 132 valence electrons. The fourth-order valence-corrected chi connectivity index (χ4v) is 2.67. The van der Waals surface area contributed by atoms with E-state index in [2.05, 4.69) is 31.3 Å². The number of aliphatic hydroxyl groups excluding tert-OH is 1. The molecule has 2 atom stereocenters. The van der Waals surface area contributed by atoms with Crippen molar-refractivity contribution in [1.29, 1.82) is 0 Å². The van der Waals surface area contributed by atoms with Gasteiger partial charge >= 0.3 is 0 Å². The number of aliphatic hydroxyl groups is 1. The van der Waals surface area contributed by atoms with Gasteiger partial charge in [-0.05, 0) is 45.5 Å². The first kappa shape index (κ1) is 18.6. The highest BCUT2D eigenvalue weighted by Crippen LogP contribution is 2.28. The minimum Gasteiger partial charge on any atom is -0.374 e. The number of hydrogen-bond donors (Lipinski definition) is 3. The van der Waals surface area contributed by atoms with Crippen LogP contribution in [0, 0.1) is 6.92 Å². The summed E-state index contributed by atoms with van der Waals surface area (Å²) in [4.78, 5) is 6.47. The lowest BCUT2D eigenvalue weighted by atomic mass is 10.1. The number of pyridine rings is 1. The molecule has 0 radical (unpaired) electrons. The van der Waals surface area contributed by atoms with Gasteiger partial charge in [0.05, 0.1) is 11.7 Å². The maximum atomic E-state index is 10.7. The number of benzene rings is 1. The highest BCUT2D eigenvalue weighted by Gasteiger charge is 2.21. The minimum absolute atomic E-state index is 0.249. The van der Waals surface area contributed by atoms with Crippen LogP contribution in [0.1, 0.15) is 50.5 Å². The summed E-state index contributed by atoms with van der Waals surface area (Å²) in [6.07, 6.45) is 2.40. The molecule has 0 fully saturated rings. The largest absolute Gasteiger partial charge is 0.374 e. The summed E-state index contributed by atoms with van der Waals surface area (Å²) in [5.41, 5.74) is 8.80. The van der Waals surface area contributed by atoms with E-state index in [1.807, 2.05) is 26.1 Å². The number of nitrogens with two attached hydrogens (primary N) is 1. The summed E-state index contributed by atoms with van der Waals surface area (Å²) in [6.45, 7) is 6.94. The van der Waals surface area contributed by atoms with Crippen molar-refractivity contribution in [2.24, 2.45) is 5.73 Å². The zero-order valence-corrected chi connectivity index (χ0v) is 15.2. The van der Waals surface area contributed by atoms with Crippen LogP contribution in [-0.4, -0.2) is 34.7 Å². The van der Waals surface area contributed by atoms with E-state index < -0.39 is 6.23 Å². The Labute approximate surface area is 144 Å². The van der Waals surface area contributed by atoms with Crippen molar-refractivity contribution in [3.05, 3.63) is 35.4 Å². The maximum Gasteiger partial charge on any atom is 0.138 e. The van der Waals surface area contributed by atoms with Crippen LogP contribution >= 0.6 is 0 Å². The van der Waals surface area contributed by atoms with Crippen LogP contribution in [0.15, 0.2) is 24.3 Å². The SMILES string of the molecule is CCCCCNc1nc2ccc(C)cc2cc1C(O)N(C)C(C)N. The summed E-state index contributed by atoms with van der Waals surface area (Å²) in [5, 5.41) is 15.2. The summed E-state index contributed by atoms with van der Waals surface area (Å²) in [5.74, 6) is 0.738. The van der Waals surface area contributed by atoms with Crippen molar-refractivity contribution in [3.63, 3.8) is 0 Å². The number of nitrogens with one attached hydrogen (secondary N) is 1. The Kier molecular flexibility index (Phi) is 6.54. The van der Waals surface area contributed by atoms with E-state index >= 15 is 0 Å². The van der Waals surface area contributed by atoms with E-state index in [0.717, 1.165) is 35.2 Å². The molecule has 0 aliphatic carbocycles. The number of rotatable bonds is 8. The molecule has 0 saturated heterocycles. The van der Waals surface area contributed by atoms with Gasteiger partial charge in [-0.2, -0.15) is 0 Å². The summed E-state index contributed by atoms with van der Waals surface area (Å²) < 4.78 is 0. The van der Waals surface area contributed by atoms with Crippen LogP contribution in [0.5, 0.6) is 0 Å². The van der Waals surface area contributed by atoms with Gasteiger partial charge in [0, 0.05) is 17.5 Å². The van der Waals surface area contributed by atoms with Crippen molar-refractivity contribution in [3.8, 4) is 0 Å². The van der Waals surface area contributed by atoms with E-state index in [9.17, 15) is 5.11 Å². The number of aryl methyl sites for hydroxylation is 1. The van der Waals surface area contributed by atoms with Gasteiger partial charge < -0.3 is 16.2 Å². The number of nitrogens with zero attached hydrogens (tertiary/aromatic N) is 2. The molecule has 2 unspecified atom stereocenters. The molecule has 0 aliphatic rings. The molecule has 2 aromatic rings. The molecule has 2 rings (SSSR count). The standard InChI is InChI=1S/C19H30N4O/c1-5-6-7-10-21-18-16(19(24)23(4)14(3)20)12-15-11-13(2)8-9-17(15)22-18/h8-9,11-12,14,19,24H,5-7,10,20H2,1-4H3,(H,21,22). The monoisotopic (exact) mass is 330 g/mol. The number of anilines is 1. The van der Waals surface area contributed by atoms with Gasteiger partial charge in [0.25, 0.3) is 0 Å². The average Bonchev–Trinajstić information content (AvgIpc) is 2.56. The van der Waals surface area contributed by atoms with E-state index in [0.29, 0.717) is 0 Å². The van der Waals surface area contributed by atoms with Crippen molar-refractivity contribution in [1.82, 2.24) is 9.88 Å². The van der Waals surface area contributed by atoms with Gasteiger partial charge in [-0.3, -0.25) is 4.90 Å². The third-order valence-corrected chi connectivity index (χ3v) is 4.38. The molecule has 5 nitrogen and oxygen atoms in total. The summed E-state index contributed by atoms with van der Waals surface area (Å²) in [6, 6.07) is 8.18. The predicted octanol–water partition coefficient (Wildman–Crippen LogP) is 3.37. The van der Waals surface area contributed by atoms with Crippen LogP contribution < -0.4 is 11.1 Å². The molecular weight excluding hydrogens is 300 g/mol. The van der Waals surface area contributed by atoms with Gasteiger partial charge in [-0.1, -0.05) is 31.4 Å². The second kappa shape index (κ2) is 8.42. The lowest BCUT2D eigenvalue weighted by Crippen LogP contribution is -2.39. The molecule has 1 heterocycles. The molecular formula is C19H30N4O. The predicted molar refractivity (Wildman–Crippen MR) is 101 cm³/mol. The lowest BCUT2D eigenvalue weighted by Gasteiger charge is -2.28. The average molecular weight is 330 g/mol. The second-order valence-electron chi connectivity index (χ2n) is 6.54. The van der Waals surface area contributed by atoms with E-state index in [1.54, 1.807) is 4.90 Å². The second-order valence-corrected chi connectivity index (χ2v) is 6.54. The number of fused-ring (bicyclic) bond motifs is 1. The Morgan fingerprint density at radius 2 is 2.04 bits per heavy atom. The molecule has 5 heteroatoms. The van der Waals surface area contributed by atoms with E-state index in [1.165, 1.54) is 18.4 Å². The third-order valence-electron chi connectivity index (χ3n) is 4.38. The van der Waals surface area contributed by atoms with Crippen molar-refractivity contribution in [2.45, 2.75) is 52.4 Å². The highest BCUT2D eigenvalue weighted by atomic mass is 16.3. The first-order chi connectivity index (χ1) is 11.4. The molecule has 24 heavy (non-hydrogen) atoms. The fraction of sp³-hybridized carbons (Fsp3) is 0.526. The molecule has 0 aliphatic heterocycles. The Bertz CT molecular complexity index is 672. The first-order valence-corrected chi connectivity index (χ1v) is 8.74. The molecule has 1 aromatic carbocycles. The molecule has 0 amide bonds. The Morgan fingerprint density at radius 1 is 1.29 bits per heavy atom. The topological polar surface area (TPSA) is 74.4 Å². The van der Waals surface area contributed by atoms with Crippen LogP contribution in [0.4, 0.5) is 5.82 Å². The van der Waals surface area contributed by atoms with E-state index in [-0.39, 0.29) is 6.17 Å². The molecule has 4 N–H and O–H groups in total. The Balaban J connectivity index is 2.39. The lowest BCUT2D eigenvalue weighted by molar-refractivity contribution is -0.00154. The van der Waals surface area contributed by atoms with Crippen LogP contribution in [0.3, 0.4) is 0 Å². The molecule has 1 aromatic heterocycles. The van der Waals surface area contributed by atoms with E-state index in [4.69, 9.17) is 10.7 Å². The molecule has 0 saturated carbocycles. The molecule has 0 spiro atoms. The Morgan fingerprint density at radius 3 is 2.71 bits per heavy atom. The zero-order valence-electron chi connectivity index (χ0n) is 15.2. The van der Waals surface area contributed by atoms with Crippen molar-refractivity contribution in [2.75, 3.05) is 18.9 Å².